The number of carbonyl (C=O) groups excluding carboxylic acids is 1. The minimum absolute atomic E-state index is 0.0914. The summed E-state index contributed by atoms with van der Waals surface area (Å²) in [5.41, 5.74) is 7.27. The number of hydrogen-bond acceptors (Lipinski definition) is 2. The minimum atomic E-state index is -0.0914. The van der Waals surface area contributed by atoms with E-state index < -0.39 is 0 Å². The molecule has 0 radical (unpaired) electrons. The average molecular weight is 274 g/mol. The normalized spacial score (nSPS) is 19.6. The van der Waals surface area contributed by atoms with Crippen molar-refractivity contribution in [3.8, 4) is 0 Å². The van der Waals surface area contributed by atoms with Gasteiger partial charge in [0, 0.05) is 19.6 Å². The molecule has 1 aromatic carbocycles. The Kier molecular flexibility index (Phi) is 4.81. The monoisotopic (exact) mass is 274 g/mol. The Bertz CT molecular complexity index is 442. The van der Waals surface area contributed by atoms with Crippen molar-refractivity contribution in [2.24, 2.45) is 17.1 Å². The van der Waals surface area contributed by atoms with E-state index in [2.05, 4.69) is 26.0 Å². The van der Waals surface area contributed by atoms with Crippen LogP contribution in [-0.2, 0) is 11.2 Å². The Morgan fingerprint density at radius 3 is 2.65 bits per heavy atom. The van der Waals surface area contributed by atoms with Crippen molar-refractivity contribution in [3.63, 3.8) is 0 Å². The van der Waals surface area contributed by atoms with Crippen LogP contribution in [-0.4, -0.2) is 30.4 Å². The van der Waals surface area contributed by atoms with Crippen molar-refractivity contribution in [2.75, 3.05) is 19.6 Å². The fourth-order valence-electron chi connectivity index (χ4n) is 3.04. The zero-order valence-corrected chi connectivity index (χ0v) is 12.6. The lowest BCUT2D eigenvalue weighted by Gasteiger charge is -2.39. The van der Waals surface area contributed by atoms with Crippen LogP contribution in [0.15, 0.2) is 30.3 Å². The van der Waals surface area contributed by atoms with Gasteiger partial charge in [0.1, 0.15) is 0 Å². The molecule has 20 heavy (non-hydrogen) atoms. The van der Waals surface area contributed by atoms with Gasteiger partial charge in [0.2, 0.25) is 5.91 Å². The maximum atomic E-state index is 12.7. The third-order valence-electron chi connectivity index (χ3n) is 4.17. The van der Waals surface area contributed by atoms with Crippen LogP contribution < -0.4 is 5.73 Å². The molecule has 1 amide bonds. The molecule has 0 bridgehead atoms. The summed E-state index contributed by atoms with van der Waals surface area (Å²) in [4.78, 5) is 14.7. The lowest BCUT2D eigenvalue weighted by molar-refractivity contribution is -0.138. The summed E-state index contributed by atoms with van der Waals surface area (Å²) in [7, 11) is 0. The van der Waals surface area contributed by atoms with E-state index in [9.17, 15) is 4.79 Å². The fourth-order valence-corrected chi connectivity index (χ4v) is 3.04. The molecule has 1 saturated heterocycles. The molecule has 1 fully saturated rings. The van der Waals surface area contributed by atoms with Gasteiger partial charge >= 0.3 is 0 Å². The van der Waals surface area contributed by atoms with E-state index >= 15 is 0 Å². The Morgan fingerprint density at radius 2 is 2.05 bits per heavy atom. The molecule has 3 nitrogen and oxygen atoms in total. The first kappa shape index (κ1) is 15.0. The largest absolute Gasteiger partial charge is 0.342 e. The second-order valence-corrected chi connectivity index (χ2v) is 6.65. The Balaban J connectivity index is 2.02. The van der Waals surface area contributed by atoms with Gasteiger partial charge in [-0.3, -0.25) is 4.79 Å². The molecular formula is C17H26N2O. The number of amides is 1. The summed E-state index contributed by atoms with van der Waals surface area (Å²) >= 11 is 0. The first-order valence-corrected chi connectivity index (χ1v) is 7.54. The molecule has 2 rings (SSSR count). The highest BCUT2D eigenvalue weighted by Gasteiger charge is 2.31. The highest BCUT2D eigenvalue weighted by atomic mass is 16.2. The SMILES string of the molecule is CC1(C)CCCN(C(=O)C(CN)Cc2ccccc2)C1. The molecule has 1 aliphatic heterocycles. The first-order valence-electron chi connectivity index (χ1n) is 7.54. The smallest absolute Gasteiger partial charge is 0.227 e. The van der Waals surface area contributed by atoms with Crippen LogP contribution in [0, 0.1) is 11.3 Å². The topological polar surface area (TPSA) is 46.3 Å². The number of rotatable bonds is 4. The molecule has 1 aromatic rings. The maximum Gasteiger partial charge on any atom is 0.227 e. The van der Waals surface area contributed by atoms with Gasteiger partial charge in [0.25, 0.3) is 0 Å². The van der Waals surface area contributed by atoms with Crippen LogP contribution in [0.1, 0.15) is 32.3 Å². The summed E-state index contributed by atoms with van der Waals surface area (Å²) < 4.78 is 0. The molecule has 1 aliphatic rings. The van der Waals surface area contributed by atoms with E-state index in [0.717, 1.165) is 25.9 Å². The summed E-state index contributed by atoms with van der Waals surface area (Å²) in [6.07, 6.45) is 3.04. The summed E-state index contributed by atoms with van der Waals surface area (Å²) in [5, 5.41) is 0. The van der Waals surface area contributed by atoms with Crippen molar-refractivity contribution in [2.45, 2.75) is 33.1 Å². The second kappa shape index (κ2) is 6.40. The van der Waals surface area contributed by atoms with E-state index in [4.69, 9.17) is 5.73 Å². The molecule has 0 aromatic heterocycles. The number of hydrogen-bond donors (Lipinski definition) is 1. The Labute approximate surface area is 122 Å². The van der Waals surface area contributed by atoms with Gasteiger partial charge in [-0.15, -0.1) is 0 Å². The fraction of sp³-hybridized carbons (Fsp3) is 0.588. The predicted octanol–water partition coefficient (Wildman–Crippen LogP) is 2.45. The highest BCUT2D eigenvalue weighted by Crippen LogP contribution is 2.29. The van der Waals surface area contributed by atoms with E-state index in [1.165, 1.54) is 12.0 Å². The molecule has 1 unspecified atom stereocenters. The van der Waals surface area contributed by atoms with Crippen LogP contribution in [0.4, 0.5) is 0 Å². The Hall–Kier alpha value is -1.35. The van der Waals surface area contributed by atoms with E-state index in [-0.39, 0.29) is 17.2 Å². The predicted molar refractivity (Wildman–Crippen MR) is 82.3 cm³/mol. The molecule has 110 valence electrons. The lowest BCUT2D eigenvalue weighted by atomic mass is 9.83. The standard InChI is InChI=1S/C17H26N2O/c1-17(2)9-6-10-19(13-17)16(20)15(12-18)11-14-7-4-3-5-8-14/h3-5,7-8,15H,6,9-13,18H2,1-2H3. The van der Waals surface area contributed by atoms with Gasteiger partial charge in [-0.25, -0.2) is 0 Å². The van der Waals surface area contributed by atoms with Gasteiger partial charge in [0.05, 0.1) is 5.92 Å². The van der Waals surface area contributed by atoms with E-state index in [1.807, 2.05) is 23.1 Å². The molecule has 1 heterocycles. The number of carbonyl (C=O) groups is 1. The lowest BCUT2D eigenvalue weighted by Crippen LogP contribution is -2.47. The van der Waals surface area contributed by atoms with Crippen LogP contribution >= 0.6 is 0 Å². The second-order valence-electron chi connectivity index (χ2n) is 6.65. The van der Waals surface area contributed by atoms with Crippen molar-refractivity contribution in [3.05, 3.63) is 35.9 Å². The van der Waals surface area contributed by atoms with Crippen molar-refractivity contribution >= 4 is 5.91 Å². The number of likely N-dealkylation sites (tertiary alicyclic amines) is 1. The van der Waals surface area contributed by atoms with Crippen molar-refractivity contribution < 1.29 is 4.79 Å². The number of nitrogens with zero attached hydrogens (tertiary/aromatic N) is 1. The van der Waals surface area contributed by atoms with Crippen LogP contribution in [0.5, 0.6) is 0 Å². The van der Waals surface area contributed by atoms with Crippen LogP contribution in [0.3, 0.4) is 0 Å². The number of benzene rings is 1. The molecule has 0 aliphatic carbocycles. The molecule has 0 saturated carbocycles. The van der Waals surface area contributed by atoms with Crippen molar-refractivity contribution in [1.29, 1.82) is 0 Å². The molecule has 2 N–H and O–H groups in total. The van der Waals surface area contributed by atoms with Gasteiger partial charge in [-0.05, 0) is 30.2 Å². The van der Waals surface area contributed by atoms with Crippen LogP contribution in [0.25, 0.3) is 0 Å². The van der Waals surface area contributed by atoms with Crippen molar-refractivity contribution in [1.82, 2.24) is 4.90 Å². The number of nitrogens with two attached hydrogens (primary N) is 1. The molecule has 0 spiro atoms. The van der Waals surface area contributed by atoms with Gasteiger partial charge in [-0.2, -0.15) is 0 Å². The maximum absolute atomic E-state index is 12.7. The number of piperidine rings is 1. The summed E-state index contributed by atoms with van der Waals surface area (Å²) in [5.74, 6) is 0.135. The first-order chi connectivity index (χ1) is 9.52. The zero-order valence-electron chi connectivity index (χ0n) is 12.6. The third kappa shape index (κ3) is 3.83. The minimum Gasteiger partial charge on any atom is -0.342 e. The molecule has 1 atom stereocenters. The van der Waals surface area contributed by atoms with Gasteiger partial charge < -0.3 is 10.6 Å². The highest BCUT2D eigenvalue weighted by molar-refractivity contribution is 5.79. The van der Waals surface area contributed by atoms with Gasteiger partial charge in [-0.1, -0.05) is 44.2 Å². The molecule has 3 heteroatoms. The van der Waals surface area contributed by atoms with E-state index in [1.54, 1.807) is 0 Å². The third-order valence-corrected chi connectivity index (χ3v) is 4.17. The zero-order chi connectivity index (χ0) is 14.6. The van der Waals surface area contributed by atoms with Gasteiger partial charge in [0.15, 0.2) is 0 Å². The Morgan fingerprint density at radius 1 is 1.35 bits per heavy atom. The summed E-state index contributed by atoms with van der Waals surface area (Å²) in [6.45, 7) is 6.64. The molecular weight excluding hydrogens is 248 g/mol. The average Bonchev–Trinajstić information content (AvgIpc) is 2.44. The van der Waals surface area contributed by atoms with E-state index in [0.29, 0.717) is 6.54 Å². The van der Waals surface area contributed by atoms with Crippen LogP contribution in [0.2, 0.25) is 0 Å². The summed E-state index contributed by atoms with van der Waals surface area (Å²) in [6, 6.07) is 10.1. The quantitative estimate of drug-likeness (QED) is 0.916.